The van der Waals surface area contributed by atoms with Crippen molar-refractivity contribution in [3.05, 3.63) is 19.1 Å². The maximum Gasteiger partial charge on any atom is 0.0725 e. The second kappa shape index (κ2) is 2.52. The van der Waals surface area contributed by atoms with Crippen LogP contribution in [0.2, 0.25) is 0 Å². The van der Waals surface area contributed by atoms with Gasteiger partial charge in [-0.25, -0.2) is 0 Å². The first-order chi connectivity index (χ1) is 3.62. The van der Waals surface area contributed by atoms with E-state index in [1.807, 2.05) is 13.8 Å². The van der Waals surface area contributed by atoms with Gasteiger partial charge in [0, 0.05) is 0 Å². The first-order valence-corrected chi connectivity index (χ1v) is 2.50. The zero-order chi connectivity index (χ0) is 6.62. The van der Waals surface area contributed by atoms with Gasteiger partial charge in [0.05, 0.1) is 11.5 Å². The minimum Gasteiger partial charge on any atom is -0.197 e. The third-order valence-electron chi connectivity index (χ3n) is 0.823. The molecule has 0 aliphatic rings. The fourth-order valence-corrected chi connectivity index (χ4v) is 0.332. The quantitative estimate of drug-likeness (QED) is 0.503. The smallest absolute Gasteiger partial charge is 0.0725 e. The number of hydrogen-bond donors (Lipinski definition) is 0. The summed E-state index contributed by atoms with van der Waals surface area (Å²) in [5.74, 6) is 0. The van der Waals surface area contributed by atoms with Crippen LogP contribution >= 0.6 is 0 Å². The Kier molecular flexibility index (Phi) is 2.27. The van der Waals surface area contributed by atoms with E-state index in [0.717, 1.165) is 0 Å². The van der Waals surface area contributed by atoms with E-state index < -0.39 is 0 Å². The van der Waals surface area contributed by atoms with Crippen molar-refractivity contribution in [1.29, 1.82) is 5.26 Å². The first kappa shape index (κ1) is 7.23. The van der Waals surface area contributed by atoms with Gasteiger partial charge in [-0.05, 0) is 20.8 Å². The average molecular weight is 108 g/mol. The summed E-state index contributed by atoms with van der Waals surface area (Å²) in [6.07, 6.45) is 3.41. The molecule has 0 aromatic rings. The Morgan fingerprint density at radius 1 is 1.62 bits per heavy atom. The van der Waals surface area contributed by atoms with E-state index in [2.05, 4.69) is 13.0 Å². The Hall–Kier alpha value is -0.770. The van der Waals surface area contributed by atoms with Gasteiger partial charge in [0.15, 0.2) is 0 Å². The topological polar surface area (TPSA) is 23.8 Å². The molecule has 0 fully saturated rings. The fraction of sp³-hybridized carbons (Fsp3) is 0.429. The van der Waals surface area contributed by atoms with Crippen LogP contribution < -0.4 is 0 Å². The van der Waals surface area contributed by atoms with Crippen molar-refractivity contribution >= 4 is 0 Å². The molecule has 0 amide bonds. The van der Waals surface area contributed by atoms with Gasteiger partial charge in [0.2, 0.25) is 0 Å². The monoisotopic (exact) mass is 108 g/mol. The van der Waals surface area contributed by atoms with E-state index in [4.69, 9.17) is 5.26 Å². The minimum absolute atomic E-state index is 0.345. The molecule has 0 N–H and O–H groups in total. The third kappa shape index (κ3) is 2.41. The molecular formula is C7H10N. The molecule has 0 saturated heterocycles. The van der Waals surface area contributed by atoms with Crippen LogP contribution in [0.3, 0.4) is 0 Å². The highest BCUT2D eigenvalue weighted by Crippen LogP contribution is 2.13. The Bertz CT molecular complexity index is 126. The number of allylic oxidation sites excluding steroid dienone is 2. The maximum atomic E-state index is 8.40. The van der Waals surface area contributed by atoms with Gasteiger partial charge in [-0.3, -0.25) is 0 Å². The van der Waals surface area contributed by atoms with E-state index in [9.17, 15) is 0 Å². The molecule has 0 saturated carbocycles. The van der Waals surface area contributed by atoms with Crippen LogP contribution in [-0.2, 0) is 0 Å². The Morgan fingerprint density at radius 2 is 2.12 bits per heavy atom. The van der Waals surface area contributed by atoms with E-state index in [0.29, 0.717) is 0 Å². The Morgan fingerprint density at radius 3 is 2.25 bits per heavy atom. The molecule has 0 aliphatic heterocycles. The van der Waals surface area contributed by atoms with Gasteiger partial charge in [-0.2, -0.15) is 5.26 Å². The molecule has 0 atom stereocenters. The van der Waals surface area contributed by atoms with Crippen molar-refractivity contribution in [1.82, 2.24) is 0 Å². The molecular weight excluding hydrogens is 98.1 g/mol. The van der Waals surface area contributed by atoms with E-state index in [1.165, 1.54) is 0 Å². The van der Waals surface area contributed by atoms with Gasteiger partial charge < -0.3 is 0 Å². The lowest BCUT2D eigenvalue weighted by Crippen LogP contribution is -2.01. The molecule has 0 aromatic carbocycles. The number of nitriles is 1. The first-order valence-electron chi connectivity index (χ1n) is 2.50. The van der Waals surface area contributed by atoms with Crippen molar-refractivity contribution in [2.45, 2.75) is 13.8 Å². The van der Waals surface area contributed by atoms with Crippen LogP contribution in [0.4, 0.5) is 0 Å². The minimum atomic E-state index is -0.345. The van der Waals surface area contributed by atoms with Gasteiger partial charge in [0.1, 0.15) is 0 Å². The van der Waals surface area contributed by atoms with E-state index in [1.54, 1.807) is 12.2 Å². The lowest BCUT2D eigenvalue weighted by atomic mass is 9.96. The Balaban J connectivity index is 3.97. The zero-order valence-corrected chi connectivity index (χ0v) is 5.31. The van der Waals surface area contributed by atoms with Crippen LogP contribution in [0.15, 0.2) is 12.2 Å². The van der Waals surface area contributed by atoms with Gasteiger partial charge >= 0.3 is 0 Å². The average Bonchev–Trinajstić information content (AvgIpc) is 1.67. The Labute approximate surface area is 50.6 Å². The molecule has 1 nitrogen and oxygen atoms in total. The standard InChI is InChI=1S/C7H10N/c1-4-5-7(2,3)6-8/h4-5H,1H2,2-3H3/b5-4+. The highest BCUT2D eigenvalue weighted by molar-refractivity contribution is 5.08. The SMILES string of the molecule is [CH2]/C=C/C(C)(C)C#N. The second-order valence-corrected chi connectivity index (χ2v) is 2.24. The summed E-state index contributed by atoms with van der Waals surface area (Å²) in [6.45, 7) is 7.17. The zero-order valence-electron chi connectivity index (χ0n) is 5.31. The molecule has 0 aliphatic carbocycles. The summed E-state index contributed by atoms with van der Waals surface area (Å²) in [6, 6.07) is 2.12. The molecule has 0 heterocycles. The molecule has 1 heteroatoms. The molecule has 0 unspecified atom stereocenters. The van der Waals surface area contributed by atoms with Crippen LogP contribution in [0.5, 0.6) is 0 Å². The predicted octanol–water partition coefficient (Wildman–Crippen LogP) is 1.93. The highest BCUT2D eigenvalue weighted by Gasteiger charge is 2.09. The van der Waals surface area contributed by atoms with Gasteiger partial charge in [-0.1, -0.05) is 12.2 Å². The lowest BCUT2D eigenvalue weighted by Gasteiger charge is -2.05. The summed E-state index contributed by atoms with van der Waals surface area (Å²) < 4.78 is 0. The van der Waals surface area contributed by atoms with Crippen molar-refractivity contribution in [2.75, 3.05) is 0 Å². The van der Waals surface area contributed by atoms with Crippen molar-refractivity contribution < 1.29 is 0 Å². The summed E-state index contributed by atoms with van der Waals surface area (Å²) in [5.41, 5.74) is -0.345. The van der Waals surface area contributed by atoms with Gasteiger partial charge in [0.25, 0.3) is 0 Å². The van der Waals surface area contributed by atoms with Crippen molar-refractivity contribution in [3.8, 4) is 6.07 Å². The molecule has 43 valence electrons. The van der Waals surface area contributed by atoms with Gasteiger partial charge in [-0.15, -0.1) is 0 Å². The maximum absolute atomic E-state index is 8.40. The third-order valence-corrected chi connectivity index (χ3v) is 0.823. The number of rotatable bonds is 1. The van der Waals surface area contributed by atoms with Crippen molar-refractivity contribution in [2.24, 2.45) is 5.41 Å². The summed E-state index contributed by atoms with van der Waals surface area (Å²) >= 11 is 0. The van der Waals surface area contributed by atoms with Crippen molar-refractivity contribution in [3.63, 3.8) is 0 Å². The summed E-state index contributed by atoms with van der Waals surface area (Å²) in [7, 11) is 0. The number of hydrogen-bond acceptors (Lipinski definition) is 1. The molecule has 0 bridgehead atoms. The second-order valence-electron chi connectivity index (χ2n) is 2.24. The number of nitrogens with zero attached hydrogens (tertiary/aromatic N) is 1. The summed E-state index contributed by atoms with van der Waals surface area (Å²) in [5, 5.41) is 8.40. The lowest BCUT2D eigenvalue weighted by molar-refractivity contribution is 0.644. The van der Waals surface area contributed by atoms with E-state index >= 15 is 0 Å². The molecule has 0 rings (SSSR count). The molecule has 8 heavy (non-hydrogen) atoms. The molecule has 1 radical (unpaired) electrons. The normalized spacial score (nSPS) is 11.8. The summed E-state index contributed by atoms with van der Waals surface area (Å²) in [4.78, 5) is 0. The predicted molar refractivity (Wildman–Crippen MR) is 33.9 cm³/mol. The highest BCUT2D eigenvalue weighted by atomic mass is 14.3. The van der Waals surface area contributed by atoms with Crippen LogP contribution in [0, 0.1) is 23.7 Å². The molecule has 0 aromatic heterocycles. The van der Waals surface area contributed by atoms with Crippen LogP contribution in [-0.4, -0.2) is 0 Å². The van der Waals surface area contributed by atoms with E-state index in [-0.39, 0.29) is 5.41 Å². The molecule has 0 spiro atoms. The van der Waals surface area contributed by atoms with Crippen LogP contribution in [0.25, 0.3) is 0 Å². The van der Waals surface area contributed by atoms with Crippen LogP contribution in [0.1, 0.15) is 13.8 Å². The fourth-order valence-electron chi connectivity index (χ4n) is 0.332. The largest absolute Gasteiger partial charge is 0.197 e.